The van der Waals surface area contributed by atoms with Crippen molar-refractivity contribution >= 4 is 27.6 Å². The van der Waals surface area contributed by atoms with Crippen LogP contribution in [0.4, 0.5) is 14.9 Å². The Morgan fingerprint density at radius 2 is 1.67 bits per heavy atom. The third-order valence-electron chi connectivity index (χ3n) is 7.77. The highest BCUT2D eigenvalue weighted by atomic mass is 32.2. The van der Waals surface area contributed by atoms with Gasteiger partial charge in [-0.05, 0) is 80.1 Å². The third-order valence-corrected chi connectivity index (χ3v) is 9.63. The quantitative estimate of drug-likeness (QED) is 0.333. The Bertz CT molecular complexity index is 1490. The van der Waals surface area contributed by atoms with Crippen molar-refractivity contribution in [2.75, 3.05) is 31.5 Å². The van der Waals surface area contributed by atoms with E-state index in [1.165, 1.54) is 28.6 Å². The molecule has 0 atom stereocenters. The fraction of sp³-hybridized carbons (Fsp3) is 0.375. The van der Waals surface area contributed by atoms with E-state index in [2.05, 4.69) is 5.32 Å². The molecule has 3 amide bonds. The number of hydrogen-bond acceptors (Lipinski definition) is 4. The molecule has 3 aromatic carbocycles. The molecule has 1 N–H and O–H groups in total. The molecule has 1 aliphatic rings. The Labute approximate surface area is 248 Å². The summed E-state index contributed by atoms with van der Waals surface area (Å²) in [6, 6.07) is 19.5. The fourth-order valence-electron chi connectivity index (χ4n) is 5.23. The SMILES string of the molecule is CCCN(CC(=O)N(Cc1cccc(F)c1)C1CCN(C(=O)Nc2cccc(C)c2C)CC1)S(=O)(=O)c1ccccc1. The van der Waals surface area contributed by atoms with Gasteiger partial charge in [-0.2, -0.15) is 4.31 Å². The van der Waals surface area contributed by atoms with Crippen molar-refractivity contribution < 1.29 is 22.4 Å². The molecule has 1 heterocycles. The summed E-state index contributed by atoms with van der Waals surface area (Å²) in [6.45, 7) is 6.68. The van der Waals surface area contributed by atoms with Crippen LogP contribution >= 0.6 is 0 Å². The van der Waals surface area contributed by atoms with Crippen LogP contribution in [0.5, 0.6) is 0 Å². The number of piperidine rings is 1. The highest BCUT2D eigenvalue weighted by molar-refractivity contribution is 7.89. The molecule has 224 valence electrons. The zero-order chi connectivity index (χ0) is 30.3. The first-order chi connectivity index (χ1) is 20.1. The third kappa shape index (κ3) is 7.54. The Hall–Kier alpha value is -3.76. The van der Waals surface area contributed by atoms with Gasteiger partial charge in [0.2, 0.25) is 15.9 Å². The number of nitrogens with zero attached hydrogens (tertiary/aromatic N) is 3. The van der Waals surface area contributed by atoms with E-state index in [0.717, 1.165) is 16.8 Å². The summed E-state index contributed by atoms with van der Waals surface area (Å²) in [6.07, 6.45) is 1.57. The van der Waals surface area contributed by atoms with E-state index >= 15 is 0 Å². The molecular formula is C32H39FN4O4S. The number of halogens is 1. The average Bonchev–Trinajstić information content (AvgIpc) is 2.98. The number of benzene rings is 3. The van der Waals surface area contributed by atoms with Gasteiger partial charge in [-0.3, -0.25) is 4.79 Å². The molecule has 0 aromatic heterocycles. The molecule has 3 aromatic rings. The van der Waals surface area contributed by atoms with Gasteiger partial charge in [-0.25, -0.2) is 17.6 Å². The molecule has 1 aliphatic heterocycles. The molecule has 1 fully saturated rings. The zero-order valence-electron chi connectivity index (χ0n) is 24.4. The second-order valence-corrected chi connectivity index (χ2v) is 12.6. The second kappa shape index (κ2) is 13.9. The van der Waals surface area contributed by atoms with Gasteiger partial charge in [0.25, 0.3) is 0 Å². The van der Waals surface area contributed by atoms with Crippen LogP contribution in [0.2, 0.25) is 0 Å². The van der Waals surface area contributed by atoms with Gasteiger partial charge in [-0.1, -0.05) is 49.4 Å². The van der Waals surface area contributed by atoms with Gasteiger partial charge in [0, 0.05) is 37.9 Å². The summed E-state index contributed by atoms with van der Waals surface area (Å²) < 4.78 is 42.1. The molecule has 1 saturated heterocycles. The molecule has 10 heteroatoms. The average molecular weight is 595 g/mol. The maximum absolute atomic E-state index is 14.0. The number of sulfonamides is 1. The number of rotatable bonds is 10. The van der Waals surface area contributed by atoms with Gasteiger partial charge in [0.05, 0.1) is 11.4 Å². The normalized spacial score (nSPS) is 14.2. The van der Waals surface area contributed by atoms with E-state index in [-0.39, 0.29) is 42.5 Å². The molecule has 0 saturated carbocycles. The lowest BCUT2D eigenvalue weighted by Gasteiger charge is -2.39. The topological polar surface area (TPSA) is 90.0 Å². The summed E-state index contributed by atoms with van der Waals surface area (Å²) in [5.41, 5.74) is 3.48. The van der Waals surface area contributed by atoms with E-state index in [9.17, 15) is 22.4 Å². The van der Waals surface area contributed by atoms with E-state index in [0.29, 0.717) is 37.9 Å². The number of urea groups is 1. The van der Waals surface area contributed by atoms with Crippen molar-refractivity contribution in [2.45, 2.75) is 57.5 Å². The van der Waals surface area contributed by atoms with Gasteiger partial charge >= 0.3 is 6.03 Å². The predicted octanol–water partition coefficient (Wildman–Crippen LogP) is 5.57. The van der Waals surface area contributed by atoms with Crippen molar-refractivity contribution in [3.8, 4) is 0 Å². The van der Waals surface area contributed by atoms with Crippen LogP contribution in [-0.4, -0.2) is 66.7 Å². The first kappa shape index (κ1) is 31.2. The Balaban J connectivity index is 1.51. The number of anilines is 1. The van der Waals surface area contributed by atoms with Crippen LogP contribution in [0.1, 0.15) is 42.9 Å². The van der Waals surface area contributed by atoms with Crippen LogP contribution < -0.4 is 5.32 Å². The summed E-state index contributed by atoms with van der Waals surface area (Å²) in [5.74, 6) is -0.761. The molecule has 0 aliphatic carbocycles. The lowest BCUT2D eigenvalue weighted by Crippen LogP contribution is -2.52. The van der Waals surface area contributed by atoms with Crippen molar-refractivity contribution in [3.05, 3.63) is 95.3 Å². The van der Waals surface area contributed by atoms with E-state index in [1.807, 2.05) is 39.0 Å². The van der Waals surface area contributed by atoms with Crippen LogP contribution in [0.25, 0.3) is 0 Å². The first-order valence-corrected chi connectivity index (χ1v) is 15.8. The maximum Gasteiger partial charge on any atom is 0.321 e. The molecular weight excluding hydrogens is 555 g/mol. The predicted molar refractivity (Wildman–Crippen MR) is 162 cm³/mol. The highest BCUT2D eigenvalue weighted by Gasteiger charge is 2.33. The largest absolute Gasteiger partial charge is 0.334 e. The highest BCUT2D eigenvalue weighted by Crippen LogP contribution is 2.24. The summed E-state index contributed by atoms with van der Waals surface area (Å²) in [4.78, 5) is 30.4. The lowest BCUT2D eigenvalue weighted by atomic mass is 10.0. The minimum absolute atomic E-state index is 0.131. The smallest absolute Gasteiger partial charge is 0.321 e. The number of amides is 3. The van der Waals surface area contributed by atoms with Crippen molar-refractivity contribution in [3.63, 3.8) is 0 Å². The molecule has 0 spiro atoms. The Morgan fingerprint density at radius 3 is 2.33 bits per heavy atom. The van der Waals surface area contributed by atoms with Crippen molar-refractivity contribution in [2.24, 2.45) is 0 Å². The Morgan fingerprint density at radius 1 is 0.976 bits per heavy atom. The van der Waals surface area contributed by atoms with Crippen LogP contribution in [-0.2, 0) is 21.4 Å². The monoisotopic (exact) mass is 594 g/mol. The fourth-order valence-corrected chi connectivity index (χ4v) is 6.73. The van der Waals surface area contributed by atoms with Crippen LogP contribution in [0, 0.1) is 19.7 Å². The van der Waals surface area contributed by atoms with Gasteiger partial charge in [0.15, 0.2) is 0 Å². The van der Waals surface area contributed by atoms with Crippen LogP contribution in [0.3, 0.4) is 0 Å². The number of aryl methyl sites for hydroxylation is 1. The molecule has 0 radical (unpaired) electrons. The molecule has 42 heavy (non-hydrogen) atoms. The van der Waals surface area contributed by atoms with E-state index in [1.54, 1.807) is 40.1 Å². The number of hydrogen-bond donors (Lipinski definition) is 1. The van der Waals surface area contributed by atoms with E-state index in [4.69, 9.17) is 0 Å². The number of carbonyl (C=O) groups excluding carboxylic acids is 2. The molecule has 0 bridgehead atoms. The Kier molecular flexibility index (Phi) is 10.3. The van der Waals surface area contributed by atoms with Gasteiger partial charge < -0.3 is 15.1 Å². The number of likely N-dealkylation sites (tertiary alicyclic amines) is 1. The summed E-state index contributed by atoms with van der Waals surface area (Å²) in [5, 5.41) is 3.00. The lowest BCUT2D eigenvalue weighted by molar-refractivity contribution is -0.135. The number of carbonyl (C=O) groups is 2. The first-order valence-electron chi connectivity index (χ1n) is 14.3. The molecule has 8 nitrogen and oxygen atoms in total. The zero-order valence-corrected chi connectivity index (χ0v) is 25.2. The van der Waals surface area contributed by atoms with Crippen molar-refractivity contribution in [1.82, 2.24) is 14.1 Å². The minimum atomic E-state index is -3.89. The maximum atomic E-state index is 14.0. The van der Waals surface area contributed by atoms with Crippen LogP contribution in [0.15, 0.2) is 77.7 Å². The minimum Gasteiger partial charge on any atom is -0.334 e. The van der Waals surface area contributed by atoms with Crippen molar-refractivity contribution in [1.29, 1.82) is 0 Å². The molecule has 0 unspecified atom stereocenters. The second-order valence-electron chi connectivity index (χ2n) is 10.7. The standard InChI is InChI=1S/C32H39FN4O4S/c1-4-18-36(42(40,41)29-13-6-5-7-14-29)23-31(38)37(22-26-11-9-12-27(33)21-26)28-16-19-35(20-17-28)32(39)34-30-15-8-10-24(2)25(30)3/h5-15,21,28H,4,16-20,22-23H2,1-3H3,(H,34,39). The van der Waals surface area contributed by atoms with E-state index < -0.39 is 15.8 Å². The number of nitrogens with one attached hydrogen (secondary N) is 1. The van der Waals surface area contributed by atoms with Gasteiger partial charge in [0.1, 0.15) is 5.82 Å². The molecule has 4 rings (SSSR count). The summed E-state index contributed by atoms with van der Waals surface area (Å²) in [7, 11) is -3.89. The summed E-state index contributed by atoms with van der Waals surface area (Å²) >= 11 is 0. The van der Waals surface area contributed by atoms with Gasteiger partial charge in [-0.15, -0.1) is 0 Å².